The molecule has 0 radical (unpaired) electrons. The van der Waals surface area contributed by atoms with Crippen molar-refractivity contribution in [3.63, 3.8) is 0 Å². The number of alkyl halides is 2. The van der Waals surface area contributed by atoms with Crippen LogP contribution < -0.4 is 0 Å². The molecule has 0 aromatic carbocycles. The van der Waals surface area contributed by atoms with Gasteiger partial charge in [0.15, 0.2) is 0 Å². The third kappa shape index (κ3) is 13.7. The molecule has 0 aliphatic carbocycles. The Bertz CT molecular complexity index is 305. The van der Waals surface area contributed by atoms with Gasteiger partial charge >= 0.3 is 11.9 Å². The van der Waals surface area contributed by atoms with E-state index in [9.17, 15) is 9.59 Å². The SMILES string of the molecule is CCCC(I)C(=O)OCCCCCCCCOC(=O)C(I)CCC. The maximum atomic E-state index is 11.6. The summed E-state index contributed by atoms with van der Waals surface area (Å²) < 4.78 is 10.5. The fourth-order valence-electron chi connectivity index (χ4n) is 2.18. The molecule has 0 spiro atoms. The molecule has 0 rings (SSSR count). The molecule has 0 aliphatic heterocycles. The summed E-state index contributed by atoms with van der Waals surface area (Å²) in [5.41, 5.74) is 0. The van der Waals surface area contributed by atoms with E-state index in [2.05, 4.69) is 59.0 Å². The van der Waals surface area contributed by atoms with Crippen LogP contribution >= 0.6 is 45.2 Å². The molecule has 0 aliphatic rings. The number of carbonyl (C=O) groups excluding carboxylic acids is 2. The second kappa shape index (κ2) is 16.8. The van der Waals surface area contributed by atoms with Crippen LogP contribution in [0.2, 0.25) is 0 Å². The summed E-state index contributed by atoms with van der Waals surface area (Å²) in [5, 5.41) is 0. The Morgan fingerprint density at radius 1 is 0.708 bits per heavy atom. The van der Waals surface area contributed by atoms with Gasteiger partial charge in [0, 0.05) is 0 Å². The number of ether oxygens (including phenoxy) is 2. The molecule has 142 valence electrons. The molecule has 0 saturated heterocycles. The van der Waals surface area contributed by atoms with E-state index in [0.717, 1.165) is 64.2 Å². The van der Waals surface area contributed by atoms with E-state index < -0.39 is 0 Å². The van der Waals surface area contributed by atoms with Gasteiger partial charge in [-0.2, -0.15) is 0 Å². The van der Waals surface area contributed by atoms with Gasteiger partial charge in [0.25, 0.3) is 0 Å². The molecular formula is C18H32I2O4. The van der Waals surface area contributed by atoms with E-state index in [1.165, 1.54) is 0 Å². The van der Waals surface area contributed by atoms with Gasteiger partial charge in [-0.25, -0.2) is 0 Å². The first-order valence-corrected chi connectivity index (χ1v) is 11.6. The summed E-state index contributed by atoms with van der Waals surface area (Å²) in [5.74, 6) is -0.146. The number of hydrogen-bond acceptors (Lipinski definition) is 4. The Balaban J connectivity index is 3.37. The number of halogens is 2. The molecule has 0 saturated carbocycles. The van der Waals surface area contributed by atoms with Crippen LogP contribution in [0.5, 0.6) is 0 Å². The molecule has 0 fully saturated rings. The highest BCUT2D eigenvalue weighted by molar-refractivity contribution is 14.1. The van der Waals surface area contributed by atoms with E-state index in [1.54, 1.807) is 0 Å². The number of carbonyl (C=O) groups is 2. The highest BCUT2D eigenvalue weighted by Crippen LogP contribution is 2.13. The van der Waals surface area contributed by atoms with Gasteiger partial charge in [0.1, 0.15) is 7.85 Å². The van der Waals surface area contributed by atoms with Crippen LogP contribution in [0.15, 0.2) is 0 Å². The first kappa shape index (κ1) is 24.4. The Hall–Kier alpha value is 0.400. The molecule has 0 amide bonds. The molecule has 0 N–H and O–H groups in total. The van der Waals surface area contributed by atoms with Crippen LogP contribution in [0.4, 0.5) is 0 Å². The molecule has 0 heterocycles. The smallest absolute Gasteiger partial charge is 0.318 e. The van der Waals surface area contributed by atoms with E-state index in [0.29, 0.717) is 13.2 Å². The summed E-state index contributed by atoms with van der Waals surface area (Å²) in [6.45, 7) is 5.22. The topological polar surface area (TPSA) is 52.6 Å². The Morgan fingerprint density at radius 3 is 1.38 bits per heavy atom. The molecule has 24 heavy (non-hydrogen) atoms. The molecule has 2 unspecified atom stereocenters. The molecule has 4 nitrogen and oxygen atoms in total. The normalized spacial score (nSPS) is 13.3. The quantitative estimate of drug-likeness (QED) is 0.112. The first-order chi connectivity index (χ1) is 11.5. The predicted octanol–water partition coefficient (Wildman–Crippen LogP) is 5.62. The number of unbranched alkanes of at least 4 members (excludes halogenated alkanes) is 5. The van der Waals surface area contributed by atoms with Crippen LogP contribution in [-0.4, -0.2) is 33.0 Å². The second-order valence-electron chi connectivity index (χ2n) is 5.97. The fourth-order valence-corrected chi connectivity index (χ4v) is 3.79. The zero-order valence-electron chi connectivity index (χ0n) is 15.0. The van der Waals surface area contributed by atoms with Crippen LogP contribution in [0, 0.1) is 0 Å². The molecular weight excluding hydrogens is 534 g/mol. The minimum atomic E-state index is -0.0732. The zero-order chi connectivity index (χ0) is 18.2. The first-order valence-electron chi connectivity index (χ1n) is 9.14. The maximum Gasteiger partial charge on any atom is 0.318 e. The van der Waals surface area contributed by atoms with Crippen molar-refractivity contribution in [2.45, 2.75) is 85.9 Å². The highest BCUT2D eigenvalue weighted by Gasteiger charge is 2.15. The lowest BCUT2D eigenvalue weighted by molar-refractivity contribution is -0.143. The molecule has 6 heteroatoms. The van der Waals surface area contributed by atoms with Gasteiger partial charge in [-0.1, -0.05) is 97.6 Å². The molecule has 0 aromatic rings. The second-order valence-corrected chi connectivity index (χ2v) is 8.98. The minimum Gasteiger partial charge on any atom is -0.465 e. The van der Waals surface area contributed by atoms with Crippen molar-refractivity contribution < 1.29 is 19.1 Å². The summed E-state index contributed by atoms with van der Waals surface area (Å²) in [4.78, 5) is 23.2. The molecule has 0 aromatic heterocycles. The molecule has 0 bridgehead atoms. The lowest BCUT2D eigenvalue weighted by Crippen LogP contribution is -2.17. The predicted molar refractivity (Wildman–Crippen MR) is 115 cm³/mol. The Kier molecular flexibility index (Phi) is 17.1. The summed E-state index contributed by atoms with van der Waals surface area (Å²) in [6.07, 6.45) is 10.1. The van der Waals surface area contributed by atoms with Crippen molar-refractivity contribution in [2.24, 2.45) is 0 Å². The lowest BCUT2D eigenvalue weighted by atomic mass is 10.1. The van der Waals surface area contributed by atoms with Crippen molar-refractivity contribution in [2.75, 3.05) is 13.2 Å². The number of rotatable bonds is 15. The number of hydrogen-bond donors (Lipinski definition) is 0. The fraction of sp³-hybridized carbons (Fsp3) is 0.889. The van der Waals surface area contributed by atoms with Crippen LogP contribution in [-0.2, 0) is 19.1 Å². The monoisotopic (exact) mass is 566 g/mol. The highest BCUT2D eigenvalue weighted by atomic mass is 127. The summed E-state index contributed by atoms with van der Waals surface area (Å²) >= 11 is 4.31. The Morgan fingerprint density at radius 2 is 1.04 bits per heavy atom. The largest absolute Gasteiger partial charge is 0.465 e. The Labute approximate surface area is 174 Å². The van der Waals surface area contributed by atoms with Crippen molar-refractivity contribution >= 4 is 57.1 Å². The summed E-state index contributed by atoms with van der Waals surface area (Å²) in [7, 11) is 0. The third-order valence-corrected chi connectivity index (χ3v) is 5.89. The standard InChI is InChI=1S/C18H32I2O4/c1-3-11-15(19)17(21)23-13-9-7-5-6-8-10-14-24-18(22)16(20)12-4-2/h15-16H,3-14H2,1-2H3. The van der Waals surface area contributed by atoms with Crippen LogP contribution in [0.3, 0.4) is 0 Å². The van der Waals surface area contributed by atoms with Gasteiger partial charge < -0.3 is 9.47 Å². The average Bonchev–Trinajstić information content (AvgIpc) is 2.56. The maximum absolute atomic E-state index is 11.6. The van der Waals surface area contributed by atoms with Gasteiger partial charge in [0.05, 0.1) is 13.2 Å². The zero-order valence-corrected chi connectivity index (χ0v) is 19.3. The van der Waals surface area contributed by atoms with Crippen molar-refractivity contribution in [1.29, 1.82) is 0 Å². The number of esters is 2. The lowest BCUT2D eigenvalue weighted by Gasteiger charge is -2.09. The minimum absolute atomic E-state index is 0.00483. The molecule has 2 atom stereocenters. The van der Waals surface area contributed by atoms with Crippen molar-refractivity contribution in [3.05, 3.63) is 0 Å². The third-order valence-electron chi connectivity index (χ3n) is 3.62. The van der Waals surface area contributed by atoms with Crippen LogP contribution in [0.1, 0.15) is 78.1 Å². The van der Waals surface area contributed by atoms with Gasteiger partial charge in [0.2, 0.25) is 0 Å². The van der Waals surface area contributed by atoms with E-state index in [-0.39, 0.29) is 19.8 Å². The van der Waals surface area contributed by atoms with Gasteiger partial charge in [-0.05, 0) is 25.7 Å². The summed E-state index contributed by atoms with van der Waals surface area (Å²) in [6, 6.07) is 0. The van der Waals surface area contributed by atoms with Gasteiger partial charge in [-0.3, -0.25) is 9.59 Å². The van der Waals surface area contributed by atoms with Crippen molar-refractivity contribution in [3.8, 4) is 0 Å². The van der Waals surface area contributed by atoms with E-state index in [4.69, 9.17) is 9.47 Å². The van der Waals surface area contributed by atoms with Crippen molar-refractivity contribution in [1.82, 2.24) is 0 Å². The van der Waals surface area contributed by atoms with Gasteiger partial charge in [-0.15, -0.1) is 0 Å². The average molecular weight is 566 g/mol. The van der Waals surface area contributed by atoms with Crippen LogP contribution in [0.25, 0.3) is 0 Å². The van der Waals surface area contributed by atoms with E-state index >= 15 is 0 Å². The van der Waals surface area contributed by atoms with E-state index in [1.807, 2.05) is 0 Å².